The molecule has 0 radical (unpaired) electrons. The van der Waals surface area contributed by atoms with Gasteiger partial charge < -0.3 is 29.7 Å². The largest absolute Gasteiger partial charge is 0.444 e. The van der Waals surface area contributed by atoms with Crippen molar-refractivity contribution in [2.75, 3.05) is 29.9 Å². The number of thiazole rings is 1. The summed E-state index contributed by atoms with van der Waals surface area (Å²) in [4.78, 5) is 77.6. The Bertz CT molecular complexity index is 2070. The Balaban J connectivity index is 1.69. The van der Waals surface area contributed by atoms with E-state index < -0.39 is 52.7 Å². The van der Waals surface area contributed by atoms with Crippen LogP contribution in [0.4, 0.5) is 25.3 Å². The van der Waals surface area contributed by atoms with E-state index in [-0.39, 0.29) is 31.9 Å². The molecule has 17 heteroatoms. The summed E-state index contributed by atoms with van der Waals surface area (Å²) in [5.74, 6) is -0.259. The van der Waals surface area contributed by atoms with Crippen LogP contribution in [0.25, 0.3) is 5.69 Å². The van der Waals surface area contributed by atoms with Crippen LogP contribution in [0.5, 0.6) is 0 Å². The van der Waals surface area contributed by atoms with Crippen molar-refractivity contribution in [2.45, 2.75) is 98.0 Å². The maximum absolute atomic E-state index is 14.0. The molecular formula is C41H52IN7O8S. The number of anilines is 2. The zero-order chi connectivity index (χ0) is 42.8. The van der Waals surface area contributed by atoms with Gasteiger partial charge >= 0.3 is 24.0 Å². The highest BCUT2D eigenvalue weighted by molar-refractivity contribution is 14.1. The maximum atomic E-state index is 14.0. The SMILES string of the molecule is CC(C)(C)OC(=O)NCCCN(C(=O)OC(C)(C)C)[C@@H](CCN(C(=O)OC(C)(C)C)c1nccs1)c1ccc(-n2cc(I)c(NC(=O)c3ccccc3)nc2=O)cc1. The summed E-state index contributed by atoms with van der Waals surface area (Å²) in [5.41, 5.74) is -1.31. The molecule has 2 N–H and O–H groups in total. The van der Waals surface area contributed by atoms with Gasteiger partial charge in [0.25, 0.3) is 5.91 Å². The second-order valence-corrected chi connectivity index (χ2v) is 18.2. The summed E-state index contributed by atoms with van der Waals surface area (Å²) in [5, 5.41) is 7.64. The number of benzene rings is 2. The molecule has 2 aromatic heterocycles. The number of ether oxygens (including phenoxy) is 3. The fourth-order valence-corrected chi connectivity index (χ4v) is 6.66. The summed E-state index contributed by atoms with van der Waals surface area (Å²) < 4.78 is 18.9. The summed E-state index contributed by atoms with van der Waals surface area (Å²) in [6.07, 6.45) is 1.99. The van der Waals surface area contributed by atoms with Crippen LogP contribution in [-0.2, 0) is 14.2 Å². The van der Waals surface area contributed by atoms with Gasteiger partial charge in [0.1, 0.15) is 16.8 Å². The van der Waals surface area contributed by atoms with Crippen molar-refractivity contribution in [3.8, 4) is 5.69 Å². The molecule has 4 aromatic rings. The van der Waals surface area contributed by atoms with E-state index >= 15 is 0 Å². The average molecular weight is 930 g/mol. The normalized spacial score (nSPS) is 12.2. The first-order valence-electron chi connectivity index (χ1n) is 18.7. The first-order chi connectivity index (χ1) is 27.1. The van der Waals surface area contributed by atoms with E-state index in [0.717, 1.165) is 0 Å². The standard InChI is InChI=1S/C41H52IN7O8S/c1-39(2,3)55-36(52)44-21-13-23-47(37(53)56-40(4,5)6)31(20-24-48(35-43-22-25-58-35)38(54)57-41(7,8)9)27-16-18-29(19-17-27)49-26-30(42)32(46-34(49)51)45-33(50)28-14-11-10-12-15-28/h10-12,14-19,22,25-26,31H,13,20-21,23-24H2,1-9H3,(H,44,52)(H,45,46,50,51)/t31-/m0/s1. The Morgan fingerprint density at radius 3 is 2.05 bits per heavy atom. The molecule has 2 aromatic carbocycles. The van der Waals surface area contributed by atoms with Crippen LogP contribution in [0.3, 0.4) is 0 Å². The third kappa shape index (κ3) is 14.1. The number of rotatable bonds is 13. The lowest BCUT2D eigenvalue weighted by Gasteiger charge is -2.35. The van der Waals surface area contributed by atoms with Gasteiger partial charge in [0.2, 0.25) is 0 Å². The summed E-state index contributed by atoms with van der Waals surface area (Å²) in [7, 11) is 0. The number of nitrogens with one attached hydrogen (secondary N) is 2. The van der Waals surface area contributed by atoms with Gasteiger partial charge in [-0.3, -0.25) is 14.3 Å². The molecule has 0 aliphatic rings. The van der Waals surface area contributed by atoms with E-state index in [9.17, 15) is 24.0 Å². The molecule has 58 heavy (non-hydrogen) atoms. The highest BCUT2D eigenvalue weighted by Gasteiger charge is 2.32. The van der Waals surface area contributed by atoms with Crippen molar-refractivity contribution in [1.82, 2.24) is 24.8 Å². The van der Waals surface area contributed by atoms with Gasteiger partial charge in [0.05, 0.1) is 15.3 Å². The van der Waals surface area contributed by atoms with Crippen LogP contribution in [0.15, 0.2) is 77.2 Å². The van der Waals surface area contributed by atoms with E-state index in [0.29, 0.717) is 31.9 Å². The van der Waals surface area contributed by atoms with Crippen LogP contribution >= 0.6 is 33.9 Å². The summed E-state index contributed by atoms with van der Waals surface area (Å²) in [6, 6.07) is 15.0. The minimum atomic E-state index is -0.833. The van der Waals surface area contributed by atoms with Crippen LogP contribution in [0, 0.1) is 3.57 Å². The number of halogens is 1. The van der Waals surface area contributed by atoms with E-state index in [1.54, 1.807) is 140 Å². The molecule has 15 nitrogen and oxygen atoms in total. The predicted octanol–water partition coefficient (Wildman–Crippen LogP) is 8.57. The molecule has 0 unspecified atom stereocenters. The van der Waals surface area contributed by atoms with Crippen LogP contribution < -0.4 is 21.2 Å². The van der Waals surface area contributed by atoms with Gasteiger partial charge in [-0.2, -0.15) is 4.98 Å². The number of alkyl carbamates (subject to hydrolysis) is 1. The molecule has 0 aliphatic carbocycles. The predicted molar refractivity (Wildman–Crippen MR) is 232 cm³/mol. The van der Waals surface area contributed by atoms with Crippen LogP contribution in [0.2, 0.25) is 0 Å². The second-order valence-electron chi connectivity index (χ2n) is 16.2. The topological polar surface area (TPSA) is 174 Å². The van der Waals surface area contributed by atoms with E-state index in [1.807, 2.05) is 22.6 Å². The van der Waals surface area contributed by atoms with Crippen molar-refractivity contribution < 1.29 is 33.4 Å². The molecule has 0 fully saturated rings. The van der Waals surface area contributed by atoms with E-state index in [1.165, 1.54) is 20.8 Å². The number of carbonyl (C=O) groups is 4. The van der Waals surface area contributed by atoms with E-state index in [2.05, 4.69) is 20.6 Å². The zero-order valence-electron chi connectivity index (χ0n) is 34.3. The molecule has 0 saturated carbocycles. The minimum Gasteiger partial charge on any atom is -0.444 e. The molecule has 0 aliphatic heterocycles. The monoisotopic (exact) mass is 929 g/mol. The highest BCUT2D eigenvalue weighted by atomic mass is 127. The quantitative estimate of drug-likeness (QED) is 0.0751. The number of hydrogen-bond acceptors (Lipinski definition) is 11. The fraction of sp³-hybridized carbons (Fsp3) is 0.439. The van der Waals surface area contributed by atoms with Crippen LogP contribution in [0.1, 0.15) is 97.1 Å². The highest BCUT2D eigenvalue weighted by Crippen LogP contribution is 2.30. The van der Waals surface area contributed by atoms with Gasteiger partial charge in [-0.05, 0) is 128 Å². The number of nitrogens with zero attached hydrogens (tertiary/aromatic N) is 5. The Morgan fingerprint density at radius 2 is 1.47 bits per heavy atom. The van der Waals surface area contributed by atoms with Crippen molar-refractivity contribution in [2.24, 2.45) is 0 Å². The second kappa shape index (κ2) is 19.6. The molecular weight excluding hydrogens is 877 g/mol. The average Bonchev–Trinajstić information content (AvgIpc) is 3.65. The van der Waals surface area contributed by atoms with E-state index in [4.69, 9.17) is 14.2 Å². The van der Waals surface area contributed by atoms with Crippen molar-refractivity contribution in [3.63, 3.8) is 0 Å². The smallest absolute Gasteiger partial charge is 0.416 e. The third-order valence-electron chi connectivity index (χ3n) is 7.84. The number of hydrogen-bond donors (Lipinski definition) is 2. The molecule has 0 spiro atoms. The van der Waals surface area contributed by atoms with Crippen molar-refractivity contribution in [1.29, 1.82) is 0 Å². The Labute approximate surface area is 356 Å². The number of amides is 4. The first-order valence-corrected chi connectivity index (χ1v) is 20.7. The molecule has 4 amide bonds. The van der Waals surface area contributed by atoms with Gasteiger partial charge in [-0.25, -0.2) is 24.2 Å². The van der Waals surface area contributed by atoms with Crippen LogP contribution in [-0.4, -0.2) is 80.1 Å². The van der Waals surface area contributed by atoms with Gasteiger partial charge in [0.15, 0.2) is 10.9 Å². The molecule has 0 saturated heterocycles. The maximum Gasteiger partial charge on any atom is 0.416 e. The first kappa shape index (κ1) is 45.7. The molecule has 2 heterocycles. The Morgan fingerprint density at radius 1 is 0.845 bits per heavy atom. The number of carbonyl (C=O) groups excluding carboxylic acids is 4. The molecule has 312 valence electrons. The summed E-state index contributed by atoms with van der Waals surface area (Å²) >= 11 is 3.29. The lowest BCUT2D eigenvalue weighted by Crippen LogP contribution is -2.43. The van der Waals surface area contributed by atoms with Gasteiger partial charge in [-0.1, -0.05) is 30.3 Å². The molecule has 4 rings (SSSR count). The van der Waals surface area contributed by atoms with Gasteiger partial charge in [0, 0.05) is 43.0 Å². The lowest BCUT2D eigenvalue weighted by molar-refractivity contribution is 0.0147. The lowest BCUT2D eigenvalue weighted by atomic mass is 10.0. The Hall–Kier alpha value is -5.04. The molecule has 1 atom stereocenters. The van der Waals surface area contributed by atoms with Gasteiger partial charge in [-0.15, -0.1) is 11.3 Å². The van der Waals surface area contributed by atoms with Crippen molar-refractivity contribution >= 4 is 69.1 Å². The Kier molecular flexibility index (Phi) is 15.4. The van der Waals surface area contributed by atoms with Crippen molar-refractivity contribution in [3.05, 3.63) is 97.6 Å². The number of aromatic nitrogens is 3. The third-order valence-corrected chi connectivity index (χ3v) is 9.43. The minimum absolute atomic E-state index is 0.113. The summed E-state index contributed by atoms with van der Waals surface area (Å²) in [6.45, 7) is 16.5. The fourth-order valence-electron chi connectivity index (χ4n) is 5.47. The molecule has 0 bridgehead atoms. The zero-order valence-corrected chi connectivity index (χ0v) is 37.3.